The smallest absolute Gasteiger partial charge is 0.407 e. The lowest BCUT2D eigenvalue weighted by Gasteiger charge is -2.39. The summed E-state index contributed by atoms with van der Waals surface area (Å²) in [5.41, 5.74) is 11.6. The molecular weight excluding hydrogens is 869 g/mol. The Labute approximate surface area is 407 Å². The molecule has 69 heavy (non-hydrogen) atoms. The number of H-pyrrole nitrogens is 2. The number of nitrogens with zero attached hydrogens (tertiary/aromatic N) is 4. The molecule has 2 aliphatic heterocycles. The number of methoxy groups -OCH3 is 2. The molecule has 8 atom stereocenters. The molecule has 4 N–H and O–H groups in total. The van der Waals surface area contributed by atoms with Crippen LogP contribution in [0.5, 0.6) is 0 Å². The van der Waals surface area contributed by atoms with Crippen LogP contribution in [0.25, 0.3) is 44.5 Å². The van der Waals surface area contributed by atoms with E-state index in [-0.39, 0.29) is 48.3 Å². The highest BCUT2D eigenvalue weighted by molar-refractivity contribution is 5.88. The fourth-order valence-electron chi connectivity index (χ4n) is 11.8. The number of likely N-dealkylation sites (tertiary alicyclic amines) is 2. The Hall–Kier alpha value is -6.18. The van der Waals surface area contributed by atoms with Crippen LogP contribution >= 0.6 is 0 Å². The Morgan fingerprint density at radius 2 is 1.51 bits per heavy atom. The number of hydrogen-bond acceptors (Lipinski definition) is 8. The second-order valence-corrected chi connectivity index (χ2v) is 19.8. The number of benzene rings is 3. The van der Waals surface area contributed by atoms with Gasteiger partial charge in [-0.2, -0.15) is 0 Å². The number of nitrogens with one attached hydrogen (secondary N) is 4. The summed E-state index contributed by atoms with van der Waals surface area (Å²) in [7, 11) is 2.61. The van der Waals surface area contributed by atoms with Gasteiger partial charge < -0.3 is 39.9 Å². The molecule has 3 aliphatic carbocycles. The second kappa shape index (κ2) is 21.2. The predicted molar refractivity (Wildman–Crippen MR) is 269 cm³/mol. The molecule has 0 spiro atoms. The molecule has 0 radical (unpaired) electrons. The van der Waals surface area contributed by atoms with Crippen molar-refractivity contribution in [2.75, 3.05) is 27.3 Å². The van der Waals surface area contributed by atoms with Gasteiger partial charge in [-0.1, -0.05) is 97.4 Å². The van der Waals surface area contributed by atoms with E-state index in [0.29, 0.717) is 24.3 Å². The van der Waals surface area contributed by atoms with Crippen LogP contribution in [0.2, 0.25) is 0 Å². The lowest BCUT2D eigenvalue weighted by Crippen LogP contribution is -2.54. The summed E-state index contributed by atoms with van der Waals surface area (Å²) in [6.45, 7) is 14.8. The first-order valence-electron chi connectivity index (χ1n) is 25.5. The number of aromatic amines is 2. The van der Waals surface area contributed by atoms with Crippen molar-refractivity contribution in [3.63, 3.8) is 0 Å². The molecule has 2 saturated heterocycles. The van der Waals surface area contributed by atoms with Crippen molar-refractivity contribution in [3.05, 3.63) is 83.6 Å². The summed E-state index contributed by atoms with van der Waals surface area (Å²) in [4.78, 5) is 72.2. The fraction of sp³-hybridized carbons (Fsp3) is 0.527. The molecule has 14 nitrogen and oxygen atoms in total. The van der Waals surface area contributed by atoms with E-state index in [0.717, 1.165) is 78.0 Å². The van der Waals surface area contributed by atoms with Gasteiger partial charge in [0.1, 0.15) is 24.2 Å². The minimum absolute atomic E-state index is 0.0813. The third-order valence-corrected chi connectivity index (χ3v) is 15.1. The molecule has 3 aromatic carbocycles. The lowest BCUT2D eigenvalue weighted by atomic mass is 9.73. The van der Waals surface area contributed by atoms with E-state index >= 15 is 0 Å². The van der Waals surface area contributed by atoms with E-state index in [9.17, 15) is 19.2 Å². The summed E-state index contributed by atoms with van der Waals surface area (Å²) in [6, 6.07) is 18.9. The number of aromatic nitrogens is 4. The Kier molecular flexibility index (Phi) is 15.1. The van der Waals surface area contributed by atoms with Gasteiger partial charge in [0.15, 0.2) is 0 Å². The zero-order valence-electron chi connectivity index (χ0n) is 42.0. The molecule has 5 aliphatic rings. The monoisotopic (exact) mass is 941 g/mol. The SMILES string of the molecule is CC.CCC.COC(=O)NCC(=O)N1CCC[C@@H](C)[C@H]1c1nc2ccc(-c3ccc(-c4ccc(-c5cnc(C6C7CCC(C7)N6C(=O)C(NC(=O)OC)C(C)C)[nH]5)cc4)c4c3CC3CCC43)cc2[nH]1. The van der Waals surface area contributed by atoms with E-state index in [1.165, 1.54) is 61.3 Å². The standard InChI is InChI=1S/C50H58N8O6.C3H8.C2H6/c1-26(2)43(56-50(62)64-5)48(60)58-33-15-12-32(21-33)45(58)46-51-24-40(55-46)29-10-8-28(9-11-29)35-18-17-34(37-22-30-13-16-36(30)42(35)37)31-14-19-38-39(23-31)54-47(53-38)44-27(3)7-6-20-57(44)41(59)25-52-49(61)63-4;1-3-2;1-2/h8-11,14,17-19,23-24,26-27,30,32-33,36,43-45H,6-7,12-13,15-16,20-22,25H2,1-5H3,(H,51,55)(H,52,61)(H,53,54)(H,56,62);3H2,1-2H3;1-2H3/t27-,30?,32?,33?,36?,43?,44+,45?;;/m1../s1. The lowest BCUT2D eigenvalue weighted by molar-refractivity contribution is -0.139. The Morgan fingerprint density at radius 3 is 2.20 bits per heavy atom. The van der Waals surface area contributed by atoms with Crippen molar-refractivity contribution in [2.45, 2.75) is 136 Å². The van der Waals surface area contributed by atoms with Crippen LogP contribution in [0, 0.1) is 23.7 Å². The quantitative estimate of drug-likeness (QED) is 0.107. The Morgan fingerprint density at radius 1 is 0.812 bits per heavy atom. The number of imidazole rings is 2. The zero-order chi connectivity index (χ0) is 49.1. The summed E-state index contributed by atoms with van der Waals surface area (Å²) < 4.78 is 9.54. The molecule has 2 aromatic heterocycles. The second-order valence-electron chi connectivity index (χ2n) is 19.8. The van der Waals surface area contributed by atoms with E-state index in [4.69, 9.17) is 14.7 Å². The number of carbonyl (C=O) groups is 4. The highest BCUT2D eigenvalue weighted by atomic mass is 16.5. The normalized spacial score (nSPS) is 23.4. The third-order valence-electron chi connectivity index (χ3n) is 15.1. The number of alkyl carbamates (subject to hydrolysis) is 2. The Bertz CT molecular complexity index is 2640. The van der Waals surface area contributed by atoms with E-state index in [1.807, 2.05) is 43.7 Å². The molecular formula is C55H72N8O6. The van der Waals surface area contributed by atoms with Crippen LogP contribution < -0.4 is 10.6 Å². The van der Waals surface area contributed by atoms with Crippen molar-refractivity contribution in [1.82, 2.24) is 40.4 Å². The molecule has 2 saturated carbocycles. The van der Waals surface area contributed by atoms with Gasteiger partial charge in [-0.15, -0.1) is 0 Å². The van der Waals surface area contributed by atoms with Crippen LogP contribution in [-0.2, 0) is 25.5 Å². The van der Waals surface area contributed by atoms with Crippen LogP contribution in [0.1, 0.15) is 141 Å². The topological polar surface area (TPSA) is 175 Å². The maximum Gasteiger partial charge on any atom is 0.407 e. The summed E-state index contributed by atoms with van der Waals surface area (Å²) in [5, 5.41) is 5.32. The first-order valence-corrected chi connectivity index (χ1v) is 25.5. The summed E-state index contributed by atoms with van der Waals surface area (Å²) in [5.74, 6) is 2.96. The number of amides is 4. The molecule has 6 unspecified atom stereocenters. The van der Waals surface area contributed by atoms with Gasteiger partial charge in [0.05, 0.1) is 49.2 Å². The van der Waals surface area contributed by atoms with Crippen LogP contribution in [-0.4, -0.2) is 93.1 Å². The number of carbonyl (C=O) groups excluding carboxylic acids is 4. The first-order chi connectivity index (χ1) is 33.4. The molecule has 4 heterocycles. The largest absolute Gasteiger partial charge is 0.453 e. The molecule has 14 heteroatoms. The van der Waals surface area contributed by atoms with Crippen molar-refractivity contribution in [1.29, 1.82) is 0 Å². The Balaban J connectivity index is 0.00000124. The molecule has 368 valence electrons. The molecule has 4 fully saturated rings. The van der Waals surface area contributed by atoms with Crippen molar-refractivity contribution < 1.29 is 28.7 Å². The average Bonchev–Trinajstić information content (AvgIpc) is 4.21. The van der Waals surface area contributed by atoms with Gasteiger partial charge in [0, 0.05) is 12.6 Å². The van der Waals surface area contributed by atoms with Gasteiger partial charge in [-0.25, -0.2) is 19.6 Å². The van der Waals surface area contributed by atoms with Crippen LogP contribution in [0.4, 0.5) is 9.59 Å². The van der Waals surface area contributed by atoms with E-state index in [2.05, 4.69) is 101 Å². The minimum Gasteiger partial charge on any atom is -0.453 e. The number of piperidine rings is 2. The van der Waals surface area contributed by atoms with Gasteiger partial charge in [-0.05, 0) is 132 Å². The summed E-state index contributed by atoms with van der Waals surface area (Å²) >= 11 is 0. The molecule has 2 bridgehead atoms. The molecule has 10 rings (SSSR count). The maximum absolute atomic E-state index is 14.1. The third kappa shape index (κ3) is 9.60. The van der Waals surface area contributed by atoms with Crippen LogP contribution in [0.3, 0.4) is 0 Å². The number of hydrogen-bond donors (Lipinski definition) is 4. The number of ether oxygens (including phenoxy) is 2. The van der Waals surface area contributed by atoms with Crippen molar-refractivity contribution in [2.24, 2.45) is 23.7 Å². The van der Waals surface area contributed by atoms with Gasteiger partial charge in [0.25, 0.3) is 0 Å². The van der Waals surface area contributed by atoms with E-state index in [1.54, 1.807) is 0 Å². The number of rotatable bonds is 10. The summed E-state index contributed by atoms with van der Waals surface area (Å²) in [6.07, 6.45) is 10.3. The van der Waals surface area contributed by atoms with Crippen molar-refractivity contribution >= 4 is 35.0 Å². The fourth-order valence-corrected chi connectivity index (χ4v) is 11.8. The van der Waals surface area contributed by atoms with E-state index < -0.39 is 18.2 Å². The van der Waals surface area contributed by atoms with Gasteiger partial charge >= 0.3 is 12.2 Å². The minimum atomic E-state index is -0.678. The predicted octanol–water partition coefficient (Wildman–Crippen LogP) is 10.9. The molecule has 5 aromatic rings. The average molecular weight is 941 g/mol. The highest BCUT2D eigenvalue weighted by Gasteiger charge is 2.51. The van der Waals surface area contributed by atoms with Crippen LogP contribution in [0.15, 0.2) is 60.8 Å². The maximum atomic E-state index is 14.1. The zero-order valence-corrected chi connectivity index (χ0v) is 42.0. The highest BCUT2D eigenvalue weighted by Crippen LogP contribution is 2.56. The first kappa shape index (κ1) is 49.2. The van der Waals surface area contributed by atoms with Crippen molar-refractivity contribution in [3.8, 4) is 33.5 Å². The van der Waals surface area contributed by atoms with Gasteiger partial charge in [-0.3, -0.25) is 9.59 Å². The van der Waals surface area contributed by atoms with Gasteiger partial charge in [0.2, 0.25) is 11.8 Å². The number of fused-ring (bicyclic) bond motifs is 6. The molecule has 4 amide bonds.